The molecule has 1 aliphatic heterocycles. The highest BCUT2D eigenvalue weighted by molar-refractivity contribution is 6.31. The first kappa shape index (κ1) is 109. The molecular formula is C131H26F3N5O3. The maximum atomic E-state index is 13.5. The summed E-state index contributed by atoms with van der Waals surface area (Å²) in [7, 11) is 1.58. The second kappa shape index (κ2) is 79.6. The third-order valence-electron chi connectivity index (χ3n) is 13.2. The summed E-state index contributed by atoms with van der Waals surface area (Å²) in [5.74, 6) is 258. The zero-order valence-corrected chi connectivity index (χ0v) is 72.9. The second-order valence-corrected chi connectivity index (χ2v) is 21.9. The minimum atomic E-state index is -4.80. The molecule has 1 heterocycles. The van der Waals surface area contributed by atoms with Gasteiger partial charge in [0.1, 0.15) is 5.54 Å². The summed E-state index contributed by atoms with van der Waals surface area (Å²) in [4.78, 5) is 43.3. The van der Waals surface area contributed by atoms with Crippen LogP contribution in [0.3, 0.4) is 0 Å². The molecule has 1 saturated carbocycles. The molecule has 0 aromatic heterocycles. The normalized spacial score (nSPS) is 7.15. The zero-order valence-electron chi connectivity index (χ0n) is 72.9. The molecule has 1 saturated heterocycles. The summed E-state index contributed by atoms with van der Waals surface area (Å²) >= 11 is 0. The van der Waals surface area contributed by atoms with Crippen molar-refractivity contribution in [2.24, 2.45) is 0 Å². The van der Waals surface area contributed by atoms with Crippen molar-refractivity contribution in [2.45, 2.75) is 57.2 Å². The number of carbonyl (C=O) groups is 3. The van der Waals surface area contributed by atoms with Gasteiger partial charge >= 0.3 is 12.2 Å². The van der Waals surface area contributed by atoms with Gasteiger partial charge < -0.3 is 5.32 Å². The average molecular weight is 1770 g/mol. The predicted molar refractivity (Wildman–Crippen MR) is 539 cm³/mol. The smallest absolute Gasteiger partial charge is 0.359 e. The summed E-state index contributed by atoms with van der Waals surface area (Å²) in [6.07, 6.45) is -1.57. The minimum absolute atomic E-state index is 0.0482. The highest BCUT2D eigenvalue weighted by Crippen LogP contribution is 2.49. The molecule has 2 aromatic carbocycles. The summed E-state index contributed by atoms with van der Waals surface area (Å²) in [5.41, 5.74) is -1.68. The number of benzene rings is 2. The first-order valence-electron chi connectivity index (χ1n) is 37.9. The number of rotatable bonds is 6. The number of hydrogen-bond donors (Lipinski definition) is 1. The molecule has 1 N–H and O–H groups in total. The third kappa shape index (κ3) is 58.0. The van der Waals surface area contributed by atoms with Gasteiger partial charge in [-0.1, -0.05) is 24.1 Å². The Morgan fingerprint density at radius 1 is 0.324 bits per heavy atom. The number of anilines is 2. The van der Waals surface area contributed by atoms with E-state index < -0.39 is 34.9 Å². The number of halogens is 3. The lowest BCUT2D eigenvalue weighted by Crippen LogP contribution is -2.55. The number of aryl methyl sites for hydroxylation is 1. The number of alkyl halides is 3. The fraction of sp³-hybridized carbons (Fsp3) is 0.0763. The van der Waals surface area contributed by atoms with E-state index in [-0.39, 0.29) is 11.6 Å². The third-order valence-corrected chi connectivity index (χ3v) is 13.2. The molecule has 1 spiro atoms. The molecule has 2 fully saturated rings. The van der Waals surface area contributed by atoms with Gasteiger partial charge in [-0.05, 0) is 116 Å². The van der Waals surface area contributed by atoms with Gasteiger partial charge in [-0.2, -0.15) is 18.4 Å². The van der Waals surface area contributed by atoms with Crippen LogP contribution in [0.4, 0.5) is 35.0 Å². The highest BCUT2D eigenvalue weighted by atomic mass is 19.4. The largest absolute Gasteiger partial charge is 0.407 e. The van der Waals surface area contributed by atoms with E-state index >= 15 is 0 Å². The van der Waals surface area contributed by atoms with Crippen LogP contribution >= 0.6 is 0 Å². The lowest BCUT2D eigenvalue weighted by Gasteiger charge is -2.42. The molecule has 1 aliphatic carbocycles. The van der Waals surface area contributed by atoms with Crippen molar-refractivity contribution < 1.29 is 27.6 Å². The Kier molecular flexibility index (Phi) is 61.1. The summed E-state index contributed by atoms with van der Waals surface area (Å²) in [6.45, 7) is 8.69. The monoisotopic (exact) mass is 1770 g/mol. The van der Waals surface area contributed by atoms with Gasteiger partial charge in [0, 0.05) is 582 Å². The van der Waals surface area contributed by atoms with Gasteiger partial charge in [0.25, 0.3) is 5.91 Å². The fourth-order valence-electron chi connectivity index (χ4n) is 7.83. The highest BCUT2D eigenvalue weighted by Gasteiger charge is 2.61. The van der Waals surface area contributed by atoms with Gasteiger partial charge in [0.2, 0.25) is 5.91 Å². The number of urea groups is 1. The summed E-state index contributed by atoms with van der Waals surface area (Å²) in [6, 6.07) is 10.8. The van der Waals surface area contributed by atoms with Crippen molar-refractivity contribution in [3.8, 4) is 622 Å². The van der Waals surface area contributed by atoms with Crippen molar-refractivity contribution >= 4 is 34.9 Å². The maximum Gasteiger partial charge on any atom is 0.407 e. The first-order chi connectivity index (χ1) is 70.0. The molecule has 0 atom stereocenters. The van der Waals surface area contributed by atoms with Crippen LogP contribution in [0.15, 0.2) is 42.5 Å². The van der Waals surface area contributed by atoms with Crippen molar-refractivity contribution in [3.05, 3.63) is 65.0 Å². The van der Waals surface area contributed by atoms with E-state index in [9.17, 15) is 27.6 Å². The fourth-order valence-corrected chi connectivity index (χ4v) is 7.83. The molecule has 142 heavy (non-hydrogen) atoms. The van der Waals surface area contributed by atoms with Crippen LogP contribution in [-0.2, 0) is 22.2 Å². The number of hydrogen-bond acceptors (Lipinski definition) is 4. The molecule has 4 rings (SSSR count). The van der Waals surface area contributed by atoms with Crippen molar-refractivity contribution in [2.75, 3.05) is 16.8 Å². The topological polar surface area (TPSA) is 97.9 Å². The van der Waals surface area contributed by atoms with E-state index in [1.54, 1.807) is 32.2 Å². The van der Waals surface area contributed by atoms with Crippen LogP contribution in [0.5, 0.6) is 0 Å². The molecule has 614 valence electrons. The van der Waals surface area contributed by atoms with Crippen LogP contribution < -0.4 is 15.1 Å². The van der Waals surface area contributed by atoms with E-state index in [0.29, 0.717) is 50.3 Å². The second-order valence-electron chi connectivity index (χ2n) is 21.9. The van der Waals surface area contributed by atoms with Gasteiger partial charge in [-0.3, -0.25) is 14.5 Å². The Morgan fingerprint density at radius 3 is 0.690 bits per heavy atom. The number of amides is 4. The van der Waals surface area contributed by atoms with Gasteiger partial charge in [0.15, 0.2) is 11.8 Å². The van der Waals surface area contributed by atoms with E-state index in [2.05, 4.69) is 626 Å². The SMILES string of the molecule is CC#CC#CC#CC#CC#CC#CC#CC#CC#CC#CC#CC#CC#CC#CC#CC#CC#CC#CC#CC#CC#CC#CC#CC#CC#CC#CC#CC#CC#CC#CC#CC#CC#CC#CC#CC#CC#CC#CC#CC#CC#CC#CC#CC#CC#CC#CC#CC#CC#CC#CC#CC#CC#N.[C-]#[N+]c1ccc(N2C(=O)N(c3ccc(CCCC(=O)NC)cc3)C3(CCC3)C2=O)cc1C(F)(F)F. The standard InChI is InChI=1S/C106H3N.C25H23F3N4O3/c1-2-3-4-5-6-7-8-9-10-11-12-13-14-15-16-17-18-19-20-21-22-23-24-25-26-27-28-29-30-31-32-33-34-35-36-37-38-39-40-41-42-43-44-45-46-47-48-49-50-51-52-53-54-55-56-57-58-59-60-61-62-63-64-65-66-67-68-69-70-71-72-73-74-75-76-77-78-79-80-81-82-83-84-85-86-87-88-89-90-91-92-93-94-95-96-97-98-99-100-101-102-103-104-105-106-107;1-29-20-12-11-18(15-19(20)25(26,27)28)31-22(34)24(13-4-14-24)32(23(31)35)17-9-7-16(8-10-17)5-3-6-21(33)30-2/h1H3;7-12,15H,3-6,13-14H2,2H3,(H,30,33). The molecule has 11 heteroatoms. The lowest BCUT2D eigenvalue weighted by molar-refractivity contribution is -0.137. The Balaban J connectivity index is 0.00000122. The summed E-state index contributed by atoms with van der Waals surface area (Å²) < 4.78 is 40.5. The molecule has 4 amide bonds. The quantitative estimate of drug-likeness (QED) is 0.221. The molecule has 0 unspecified atom stereocenters. The van der Waals surface area contributed by atoms with E-state index in [0.717, 1.165) is 16.5 Å². The van der Waals surface area contributed by atoms with Gasteiger partial charge in [-0.15, -0.1) is 0 Å². The molecule has 8 nitrogen and oxygen atoms in total. The predicted octanol–water partition coefficient (Wildman–Crippen LogP) is 5.93. The van der Waals surface area contributed by atoms with Crippen molar-refractivity contribution in [1.29, 1.82) is 5.26 Å². The first-order valence-corrected chi connectivity index (χ1v) is 37.9. The van der Waals surface area contributed by atoms with E-state index in [4.69, 9.17) is 11.8 Å². The number of nitrogens with one attached hydrogen (secondary N) is 1. The van der Waals surface area contributed by atoms with Gasteiger partial charge in [-0.25, -0.2) is 14.5 Å². The van der Waals surface area contributed by atoms with Gasteiger partial charge in [0.05, 0.1) is 17.8 Å². The number of imide groups is 1. The van der Waals surface area contributed by atoms with Crippen molar-refractivity contribution in [1.82, 2.24) is 5.32 Å². The zero-order chi connectivity index (χ0) is 102. The molecular weight excluding hydrogens is 1750 g/mol. The average Bonchev–Trinajstić information content (AvgIpc) is 1.55. The van der Waals surface area contributed by atoms with Crippen LogP contribution in [-0.4, -0.2) is 30.4 Å². The molecule has 2 aromatic rings. The Morgan fingerprint density at radius 2 is 0.521 bits per heavy atom. The summed E-state index contributed by atoms with van der Waals surface area (Å²) in [5, 5.41) is 10.8. The number of carbonyl (C=O) groups excluding carboxylic acids is 3. The minimum Gasteiger partial charge on any atom is -0.359 e. The molecule has 0 bridgehead atoms. The van der Waals surface area contributed by atoms with E-state index in [1.165, 1.54) is 11.0 Å². The van der Waals surface area contributed by atoms with Crippen LogP contribution in [0.25, 0.3) is 4.85 Å². The lowest BCUT2D eigenvalue weighted by atomic mass is 9.75. The Hall–Kier alpha value is -27.3. The van der Waals surface area contributed by atoms with Crippen molar-refractivity contribution in [3.63, 3.8) is 0 Å². The van der Waals surface area contributed by atoms with Crippen LogP contribution in [0.1, 0.15) is 50.2 Å². The van der Waals surface area contributed by atoms with E-state index in [1.807, 2.05) is 12.1 Å². The Bertz CT molecular complexity index is 9580. The Labute approximate surface area is 828 Å². The maximum absolute atomic E-state index is 13.5. The molecule has 0 radical (unpaired) electrons. The number of nitrogens with zero attached hydrogens (tertiary/aromatic N) is 4. The van der Waals surface area contributed by atoms with Crippen LogP contribution in [0.2, 0.25) is 0 Å². The van der Waals surface area contributed by atoms with Crippen LogP contribution in [0, 0.1) is 634 Å². The molecule has 2 aliphatic rings. The number of nitriles is 1.